The molecule has 2 N–H and O–H groups in total. The minimum atomic E-state index is -0.754. The van der Waals surface area contributed by atoms with Crippen LogP contribution in [0.2, 0.25) is 0 Å². The Morgan fingerprint density at radius 3 is 2.65 bits per heavy atom. The lowest BCUT2D eigenvalue weighted by atomic mass is 9.83. The lowest BCUT2D eigenvalue weighted by Crippen LogP contribution is -2.37. The van der Waals surface area contributed by atoms with E-state index < -0.39 is 11.4 Å². The number of carboxylic acid groups (broad SMARTS) is 1. The Balaban J connectivity index is 2.42. The van der Waals surface area contributed by atoms with Crippen molar-refractivity contribution in [1.29, 1.82) is 0 Å². The Morgan fingerprint density at radius 1 is 1.40 bits per heavy atom. The maximum Gasteiger partial charge on any atom is 0.311 e. The van der Waals surface area contributed by atoms with Gasteiger partial charge in [0.1, 0.15) is 0 Å². The number of nitrogens with zero attached hydrogens (tertiary/aromatic N) is 1. The number of carboxylic acids is 1. The van der Waals surface area contributed by atoms with Gasteiger partial charge in [-0.1, -0.05) is 27.2 Å². The van der Waals surface area contributed by atoms with Gasteiger partial charge in [-0.3, -0.25) is 9.59 Å². The van der Waals surface area contributed by atoms with Crippen molar-refractivity contribution in [2.24, 2.45) is 5.41 Å². The van der Waals surface area contributed by atoms with Gasteiger partial charge in [-0.25, -0.2) is 0 Å². The van der Waals surface area contributed by atoms with Crippen molar-refractivity contribution >= 4 is 11.9 Å². The molecule has 0 aromatic heterocycles. The molecule has 0 spiro atoms. The van der Waals surface area contributed by atoms with E-state index in [9.17, 15) is 14.7 Å². The van der Waals surface area contributed by atoms with E-state index in [1.165, 1.54) is 0 Å². The third kappa shape index (κ3) is 4.47. The fourth-order valence-corrected chi connectivity index (χ4v) is 2.84. The minimum absolute atomic E-state index is 0.0924. The molecule has 0 aromatic rings. The smallest absolute Gasteiger partial charge is 0.311 e. The van der Waals surface area contributed by atoms with Crippen LogP contribution in [-0.2, 0) is 9.59 Å². The number of likely N-dealkylation sites (tertiary alicyclic amines) is 1. The van der Waals surface area contributed by atoms with Crippen molar-refractivity contribution in [3.8, 4) is 0 Å². The second kappa shape index (κ2) is 7.62. The number of aliphatic carboxylic acids is 1. The summed E-state index contributed by atoms with van der Waals surface area (Å²) < 4.78 is 0. The highest BCUT2D eigenvalue weighted by Crippen LogP contribution is 2.35. The Morgan fingerprint density at radius 2 is 2.10 bits per heavy atom. The van der Waals surface area contributed by atoms with Crippen LogP contribution in [0.5, 0.6) is 0 Å². The molecule has 0 aromatic carbocycles. The van der Waals surface area contributed by atoms with E-state index in [4.69, 9.17) is 0 Å². The molecule has 0 saturated carbocycles. The van der Waals surface area contributed by atoms with Crippen LogP contribution >= 0.6 is 0 Å². The zero-order valence-electron chi connectivity index (χ0n) is 12.9. The van der Waals surface area contributed by atoms with Gasteiger partial charge in [0.15, 0.2) is 0 Å². The van der Waals surface area contributed by atoms with E-state index in [0.29, 0.717) is 38.4 Å². The second-order valence-corrected chi connectivity index (χ2v) is 6.11. The molecule has 116 valence electrons. The monoisotopic (exact) mass is 284 g/mol. The van der Waals surface area contributed by atoms with Gasteiger partial charge < -0.3 is 15.3 Å². The highest BCUT2D eigenvalue weighted by Gasteiger charge is 2.45. The summed E-state index contributed by atoms with van der Waals surface area (Å²) in [4.78, 5) is 25.3. The maximum atomic E-state index is 12.1. The summed E-state index contributed by atoms with van der Waals surface area (Å²) >= 11 is 0. The van der Waals surface area contributed by atoms with Crippen molar-refractivity contribution in [3.05, 3.63) is 0 Å². The van der Waals surface area contributed by atoms with Crippen molar-refractivity contribution in [3.63, 3.8) is 0 Å². The zero-order chi connectivity index (χ0) is 15.2. The molecule has 20 heavy (non-hydrogen) atoms. The molecular formula is C15H28N2O3. The molecule has 1 aliphatic rings. The highest BCUT2D eigenvalue weighted by molar-refractivity contribution is 5.80. The van der Waals surface area contributed by atoms with Crippen molar-refractivity contribution in [2.75, 3.05) is 19.6 Å². The SMILES string of the molecule is CCCC1(C(=O)O)CCN(C(=O)CCCNC(C)C)C1. The first kappa shape index (κ1) is 17.0. The third-order valence-electron chi connectivity index (χ3n) is 4.01. The second-order valence-electron chi connectivity index (χ2n) is 6.11. The van der Waals surface area contributed by atoms with Crippen LogP contribution in [0, 0.1) is 5.41 Å². The molecule has 1 amide bonds. The van der Waals surface area contributed by atoms with E-state index >= 15 is 0 Å². The van der Waals surface area contributed by atoms with Gasteiger partial charge in [-0.2, -0.15) is 0 Å². The number of hydrogen-bond acceptors (Lipinski definition) is 3. The molecule has 1 aliphatic heterocycles. The van der Waals surface area contributed by atoms with Gasteiger partial charge >= 0.3 is 5.97 Å². The van der Waals surface area contributed by atoms with Crippen molar-refractivity contribution in [2.45, 2.75) is 58.9 Å². The summed E-state index contributed by atoms with van der Waals surface area (Å²) in [6.07, 6.45) is 3.39. The number of hydrogen-bond donors (Lipinski definition) is 2. The van der Waals surface area contributed by atoms with Crippen molar-refractivity contribution < 1.29 is 14.7 Å². The first-order valence-electron chi connectivity index (χ1n) is 7.66. The molecule has 1 fully saturated rings. The summed E-state index contributed by atoms with van der Waals surface area (Å²) in [6, 6.07) is 0.432. The van der Waals surface area contributed by atoms with E-state index in [2.05, 4.69) is 19.2 Å². The predicted molar refractivity (Wildman–Crippen MR) is 78.5 cm³/mol. The number of nitrogens with one attached hydrogen (secondary N) is 1. The summed E-state index contributed by atoms with van der Waals surface area (Å²) in [5, 5.41) is 12.7. The van der Waals surface area contributed by atoms with Crippen LogP contribution in [0.15, 0.2) is 0 Å². The number of carbonyl (C=O) groups excluding carboxylic acids is 1. The minimum Gasteiger partial charge on any atom is -0.481 e. The van der Waals surface area contributed by atoms with Crippen LogP contribution in [0.25, 0.3) is 0 Å². The lowest BCUT2D eigenvalue weighted by molar-refractivity contribution is -0.149. The number of amides is 1. The maximum absolute atomic E-state index is 12.1. The summed E-state index contributed by atoms with van der Waals surface area (Å²) in [5.41, 5.74) is -0.708. The van der Waals surface area contributed by atoms with Crippen LogP contribution in [0.4, 0.5) is 0 Å². The number of rotatable bonds is 8. The molecular weight excluding hydrogens is 256 g/mol. The highest BCUT2D eigenvalue weighted by atomic mass is 16.4. The topological polar surface area (TPSA) is 69.6 Å². The van der Waals surface area contributed by atoms with Crippen LogP contribution < -0.4 is 5.32 Å². The van der Waals surface area contributed by atoms with E-state index in [0.717, 1.165) is 19.4 Å². The van der Waals surface area contributed by atoms with Crippen molar-refractivity contribution in [1.82, 2.24) is 10.2 Å². The quantitative estimate of drug-likeness (QED) is 0.668. The molecule has 1 unspecified atom stereocenters. The Kier molecular flexibility index (Phi) is 6.46. The lowest BCUT2D eigenvalue weighted by Gasteiger charge is -2.24. The van der Waals surface area contributed by atoms with Crippen LogP contribution in [-0.4, -0.2) is 47.6 Å². The fraction of sp³-hybridized carbons (Fsp3) is 0.867. The van der Waals surface area contributed by atoms with Gasteiger partial charge in [0, 0.05) is 25.6 Å². The molecule has 0 bridgehead atoms. The molecule has 1 heterocycles. The largest absolute Gasteiger partial charge is 0.481 e. The first-order chi connectivity index (χ1) is 9.41. The molecule has 0 aliphatic carbocycles. The summed E-state index contributed by atoms with van der Waals surface area (Å²) in [7, 11) is 0. The van der Waals surface area contributed by atoms with E-state index in [1.54, 1.807) is 4.90 Å². The molecule has 5 nitrogen and oxygen atoms in total. The van der Waals surface area contributed by atoms with E-state index in [-0.39, 0.29) is 5.91 Å². The van der Waals surface area contributed by atoms with Gasteiger partial charge in [0.05, 0.1) is 5.41 Å². The normalized spacial score (nSPS) is 22.5. The Bertz CT molecular complexity index is 344. The van der Waals surface area contributed by atoms with Gasteiger partial charge in [0.2, 0.25) is 5.91 Å². The molecule has 0 radical (unpaired) electrons. The standard InChI is InChI=1S/C15H28N2O3/c1-4-7-15(14(19)20)8-10-17(11-15)13(18)6-5-9-16-12(2)3/h12,16H,4-11H2,1-3H3,(H,19,20). The van der Waals surface area contributed by atoms with Crippen LogP contribution in [0.1, 0.15) is 52.9 Å². The van der Waals surface area contributed by atoms with Crippen LogP contribution in [0.3, 0.4) is 0 Å². The zero-order valence-corrected chi connectivity index (χ0v) is 12.9. The summed E-state index contributed by atoms with van der Waals surface area (Å²) in [5.74, 6) is -0.661. The van der Waals surface area contributed by atoms with Gasteiger partial charge in [-0.15, -0.1) is 0 Å². The summed E-state index contributed by atoms with van der Waals surface area (Å²) in [6.45, 7) is 7.95. The molecule has 1 rings (SSSR count). The van der Waals surface area contributed by atoms with Gasteiger partial charge in [0.25, 0.3) is 0 Å². The predicted octanol–water partition coefficient (Wildman–Crippen LogP) is 1.87. The molecule has 1 atom stereocenters. The number of carbonyl (C=O) groups is 2. The Labute approximate surface area is 121 Å². The average Bonchev–Trinajstić information content (AvgIpc) is 2.80. The molecule has 1 saturated heterocycles. The first-order valence-corrected chi connectivity index (χ1v) is 7.66. The average molecular weight is 284 g/mol. The third-order valence-corrected chi connectivity index (χ3v) is 4.01. The van der Waals surface area contributed by atoms with E-state index in [1.807, 2.05) is 6.92 Å². The fourth-order valence-electron chi connectivity index (χ4n) is 2.84. The Hall–Kier alpha value is -1.10. The van der Waals surface area contributed by atoms with Gasteiger partial charge in [-0.05, 0) is 25.8 Å². The molecule has 5 heteroatoms.